The normalized spacial score (nSPS) is 18.8. The second kappa shape index (κ2) is 8.57. The first-order chi connectivity index (χ1) is 11.1. The van der Waals surface area contributed by atoms with Gasteiger partial charge in [-0.1, -0.05) is 0 Å². The van der Waals surface area contributed by atoms with E-state index < -0.39 is 23.7 Å². The number of terminal acetylenes is 1. The zero-order valence-corrected chi connectivity index (χ0v) is 14.5. The fraction of sp³-hybridized carbons (Fsp3) is 0.706. The molecule has 0 bridgehead atoms. The molecule has 0 aromatic heterocycles. The number of carboxylic acids is 1. The maximum Gasteiger partial charge on any atom is 0.408 e. The highest BCUT2D eigenvalue weighted by molar-refractivity contribution is 5.80. The molecule has 1 aliphatic heterocycles. The first-order valence-electron chi connectivity index (χ1n) is 8.08. The monoisotopic (exact) mass is 338 g/mol. The third-order valence-corrected chi connectivity index (χ3v) is 3.61. The van der Waals surface area contributed by atoms with Gasteiger partial charge in [-0.25, -0.2) is 9.59 Å². The van der Waals surface area contributed by atoms with Gasteiger partial charge in [-0.15, -0.1) is 12.3 Å². The number of rotatable bonds is 7. The van der Waals surface area contributed by atoms with Crippen molar-refractivity contribution in [3.05, 3.63) is 0 Å². The van der Waals surface area contributed by atoms with Gasteiger partial charge in [-0.05, 0) is 40.0 Å². The second-order valence-electron chi connectivity index (χ2n) is 6.94. The van der Waals surface area contributed by atoms with E-state index in [-0.39, 0.29) is 18.2 Å². The fourth-order valence-electron chi connectivity index (χ4n) is 2.46. The van der Waals surface area contributed by atoms with E-state index in [2.05, 4.69) is 11.2 Å². The highest BCUT2D eigenvalue weighted by atomic mass is 16.6. The zero-order valence-electron chi connectivity index (χ0n) is 14.5. The first-order valence-corrected chi connectivity index (χ1v) is 8.08. The number of alkyl carbamates (subject to hydrolysis) is 1. The van der Waals surface area contributed by atoms with Gasteiger partial charge in [-0.2, -0.15) is 0 Å². The summed E-state index contributed by atoms with van der Waals surface area (Å²) in [6.45, 7) is 6.24. The molecule has 7 heteroatoms. The Kier molecular flexibility index (Phi) is 7.08. The SMILES string of the molecule is C#CC1CC(=O)N(CCCC[C@H](NC(=O)OC(C)(C)C)C(=O)O)C1. The lowest BCUT2D eigenvalue weighted by Gasteiger charge is -2.22. The van der Waals surface area contributed by atoms with Gasteiger partial charge in [0.15, 0.2) is 0 Å². The van der Waals surface area contributed by atoms with Crippen molar-refractivity contribution in [2.75, 3.05) is 13.1 Å². The predicted octanol–water partition coefficient (Wildman–Crippen LogP) is 1.62. The van der Waals surface area contributed by atoms with E-state index in [0.29, 0.717) is 32.4 Å². The average Bonchev–Trinajstić information content (AvgIpc) is 2.80. The van der Waals surface area contributed by atoms with Gasteiger partial charge in [0.1, 0.15) is 11.6 Å². The van der Waals surface area contributed by atoms with Crippen LogP contribution in [0.1, 0.15) is 46.5 Å². The Morgan fingerprint density at radius 1 is 1.46 bits per heavy atom. The molecule has 0 radical (unpaired) electrons. The molecule has 2 atom stereocenters. The molecule has 0 aliphatic carbocycles. The highest BCUT2D eigenvalue weighted by Crippen LogP contribution is 2.17. The van der Waals surface area contributed by atoms with E-state index >= 15 is 0 Å². The number of aliphatic carboxylic acids is 1. The molecular weight excluding hydrogens is 312 g/mol. The number of ether oxygens (including phenoxy) is 1. The number of hydrogen-bond donors (Lipinski definition) is 2. The third-order valence-electron chi connectivity index (χ3n) is 3.61. The molecule has 1 unspecified atom stereocenters. The van der Waals surface area contributed by atoms with Crippen LogP contribution in [0.2, 0.25) is 0 Å². The molecule has 0 spiro atoms. The summed E-state index contributed by atoms with van der Waals surface area (Å²) in [5.74, 6) is 1.49. The highest BCUT2D eigenvalue weighted by Gasteiger charge is 2.28. The molecule has 24 heavy (non-hydrogen) atoms. The lowest BCUT2D eigenvalue weighted by atomic mass is 10.1. The number of carbonyl (C=O) groups excluding carboxylic acids is 2. The lowest BCUT2D eigenvalue weighted by molar-refractivity contribution is -0.139. The quantitative estimate of drug-likeness (QED) is 0.543. The number of likely N-dealkylation sites (tertiary alicyclic amines) is 1. The molecule has 0 aromatic rings. The number of carbonyl (C=O) groups is 3. The van der Waals surface area contributed by atoms with Gasteiger partial charge in [0.25, 0.3) is 0 Å². The number of hydrogen-bond acceptors (Lipinski definition) is 4. The first kappa shape index (κ1) is 19.8. The number of nitrogens with one attached hydrogen (secondary N) is 1. The van der Waals surface area contributed by atoms with Crippen LogP contribution in [0, 0.1) is 18.3 Å². The molecule has 2 amide bonds. The van der Waals surface area contributed by atoms with Crippen molar-refractivity contribution in [1.82, 2.24) is 10.2 Å². The summed E-state index contributed by atoms with van der Waals surface area (Å²) in [4.78, 5) is 36.3. The van der Waals surface area contributed by atoms with Crippen LogP contribution in [-0.2, 0) is 14.3 Å². The zero-order chi connectivity index (χ0) is 18.3. The van der Waals surface area contributed by atoms with Crippen LogP contribution in [0.4, 0.5) is 4.79 Å². The summed E-state index contributed by atoms with van der Waals surface area (Å²) >= 11 is 0. The molecule has 134 valence electrons. The largest absolute Gasteiger partial charge is 0.480 e. The molecule has 1 saturated heterocycles. The maximum absolute atomic E-state index is 11.7. The molecule has 0 saturated carbocycles. The van der Waals surface area contributed by atoms with Crippen molar-refractivity contribution in [1.29, 1.82) is 0 Å². The van der Waals surface area contributed by atoms with Crippen molar-refractivity contribution >= 4 is 18.0 Å². The Labute approximate surface area is 142 Å². The van der Waals surface area contributed by atoms with Crippen molar-refractivity contribution < 1.29 is 24.2 Å². The molecule has 1 rings (SSSR count). The van der Waals surface area contributed by atoms with Gasteiger partial charge >= 0.3 is 12.1 Å². The van der Waals surface area contributed by atoms with Gasteiger partial charge in [0, 0.05) is 25.4 Å². The number of unbranched alkanes of at least 4 members (excludes halogenated alkanes) is 1. The predicted molar refractivity (Wildman–Crippen MR) is 88.2 cm³/mol. The standard InChI is InChI=1S/C17H26N2O5/c1-5-12-10-14(20)19(11-12)9-7-6-8-13(15(21)22)18-16(23)24-17(2,3)4/h1,12-13H,6-11H2,2-4H3,(H,18,23)(H,21,22)/t12?,13-/m0/s1. The second-order valence-corrected chi connectivity index (χ2v) is 6.94. The Bertz CT molecular complexity index is 518. The Morgan fingerprint density at radius 3 is 2.62 bits per heavy atom. The minimum Gasteiger partial charge on any atom is -0.480 e. The summed E-state index contributed by atoms with van der Waals surface area (Å²) in [7, 11) is 0. The number of amides is 2. The van der Waals surface area contributed by atoms with E-state index in [0.717, 1.165) is 0 Å². The van der Waals surface area contributed by atoms with Gasteiger partial charge < -0.3 is 20.1 Å². The Hall–Kier alpha value is -2.23. The van der Waals surface area contributed by atoms with Crippen LogP contribution in [-0.4, -0.2) is 52.7 Å². The van der Waals surface area contributed by atoms with Crippen molar-refractivity contribution in [2.45, 2.75) is 58.1 Å². The van der Waals surface area contributed by atoms with Crippen molar-refractivity contribution in [3.63, 3.8) is 0 Å². The molecule has 2 N–H and O–H groups in total. The van der Waals surface area contributed by atoms with Crippen LogP contribution < -0.4 is 5.32 Å². The topological polar surface area (TPSA) is 95.9 Å². The van der Waals surface area contributed by atoms with Gasteiger partial charge in [0.05, 0.1) is 0 Å². The van der Waals surface area contributed by atoms with E-state index in [1.165, 1.54) is 0 Å². The molecule has 1 aliphatic rings. The smallest absolute Gasteiger partial charge is 0.408 e. The Morgan fingerprint density at radius 2 is 2.12 bits per heavy atom. The minimum atomic E-state index is -1.11. The van der Waals surface area contributed by atoms with Crippen LogP contribution in [0.25, 0.3) is 0 Å². The lowest BCUT2D eigenvalue weighted by Crippen LogP contribution is -2.43. The molecule has 1 heterocycles. The van der Waals surface area contributed by atoms with E-state index in [1.807, 2.05) is 0 Å². The summed E-state index contributed by atoms with van der Waals surface area (Å²) in [6, 6.07) is -1.01. The summed E-state index contributed by atoms with van der Waals surface area (Å²) < 4.78 is 5.06. The van der Waals surface area contributed by atoms with E-state index in [4.69, 9.17) is 11.2 Å². The molecule has 0 aromatic carbocycles. The summed E-state index contributed by atoms with van der Waals surface area (Å²) in [6.07, 6.45) is 6.46. The minimum absolute atomic E-state index is 0.0295. The number of carboxylic acid groups (broad SMARTS) is 1. The van der Waals surface area contributed by atoms with Gasteiger partial charge in [-0.3, -0.25) is 4.79 Å². The number of nitrogens with zero attached hydrogens (tertiary/aromatic N) is 1. The molecule has 1 fully saturated rings. The third kappa shape index (κ3) is 6.90. The molecule has 7 nitrogen and oxygen atoms in total. The van der Waals surface area contributed by atoms with Crippen LogP contribution in [0.3, 0.4) is 0 Å². The molecular formula is C17H26N2O5. The van der Waals surface area contributed by atoms with Gasteiger partial charge in [0.2, 0.25) is 5.91 Å². The van der Waals surface area contributed by atoms with E-state index in [1.54, 1.807) is 25.7 Å². The fourth-order valence-corrected chi connectivity index (χ4v) is 2.46. The van der Waals surface area contributed by atoms with Crippen molar-refractivity contribution in [2.24, 2.45) is 5.92 Å². The van der Waals surface area contributed by atoms with Crippen LogP contribution in [0.15, 0.2) is 0 Å². The van der Waals surface area contributed by atoms with Crippen molar-refractivity contribution in [3.8, 4) is 12.3 Å². The van der Waals surface area contributed by atoms with E-state index in [9.17, 15) is 19.5 Å². The maximum atomic E-state index is 11.7. The Balaban J connectivity index is 2.34. The van der Waals surface area contributed by atoms with Crippen LogP contribution >= 0.6 is 0 Å². The van der Waals surface area contributed by atoms with Crippen LogP contribution in [0.5, 0.6) is 0 Å². The average molecular weight is 338 g/mol. The summed E-state index contributed by atoms with van der Waals surface area (Å²) in [5, 5.41) is 11.5. The summed E-state index contributed by atoms with van der Waals surface area (Å²) in [5.41, 5.74) is -0.684.